The summed E-state index contributed by atoms with van der Waals surface area (Å²) in [5.74, 6) is -2.32. The maximum absolute atomic E-state index is 12.8. The minimum Gasteiger partial charge on any atom is -0.464 e. The zero-order valence-corrected chi connectivity index (χ0v) is 9.29. The number of aliphatic hydroxyl groups excluding tert-OH is 1. The number of hydrogen-bond donors (Lipinski definition) is 1. The van der Waals surface area contributed by atoms with Gasteiger partial charge in [-0.05, 0) is 19.1 Å². The van der Waals surface area contributed by atoms with Crippen LogP contribution in [0, 0.1) is 5.82 Å². The van der Waals surface area contributed by atoms with Crippen molar-refractivity contribution < 1.29 is 32.2 Å². The van der Waals surface area contributed by atoms with Gasteiger partial charge in [-0.3, -0.25) is 0 Å². The lowest BCUT2D eigenvalue weighted by Crippen LogP contribution is -2.20. The van der Waals surface area contributed by atoms with Crippen molar-refractivity contribution >= 4 is 5.97 Å². The number of benzene rings is 1. The summed E-state index contributed by atoms with van der Waals surface area (Å²) in [7, 11) is 0. The Morgan fingerprint density at radius 3 is 2.56 bits per heavy atom. The Morgan fingerprint density at radius 2 is 2.06 bits per heavy atom. The average Bonchev–Trinajstić information content (AvgIpc) is 2.27. The minimum atomic E-state index is -4.87. The molecule has 1 rings (SSSR count). The highest BCUT2D eigenvalue weighted by molar-refractivity contribution is 5.76. The van der Waals surface area contributed by atoms with Gasteiger partial charge >= 0.3 is 12.1 Å². The predicted molar refractivity (Wildman–Crippen MR) is 53.0 cm³/mol. The van der Waals surface area contributed by atoms with Crippen LogP contribution in [0.2, 0.25) is 0 Å². The van der Waals surface area contributed by atoms with Gasteiger partial charge < -0.3 is 9.84 Å². The number of carbonyl (C=O) groups excluding carboxylic acids is 1. The first-order valence-corrected chi connectivity index (χ1v) is 4.98. The molecule has 1 unspecified atom stereocenters. The summed E-state index contributed by atoms with van der Waals surface area (Å²) in [6.07, 6.45) is -6.97. The number of esters is 1. The highest BCUT2D eigenvalue weighted by atomic mass is 19.4. The summed E-state index contributed by atoms with van der Waals surface area (Å²) >= 11 is 0. The second-order valence-electron chi connectivity index (χ2n) is 3.38. The van der Waals surface area contributed by atoms with E-state index in [2.05, 4.69) is 4.74 Å². The maximum Gasteiger partial charge on any atom is 0.416 e. The second kappa shape index (κ2) is 5.34. The zero-order chi connectivity index (χ0) is 13.9. The van der Waals surface area contributed by atoms with Crippen LogP contribution in [0.25, 0.3) is 0 Å². The van der Waals surface area contributed by atoms with Crippen LogP contribution in [0.15, 0.2) is 18.2 Å². The largest absolute Gasteiger partial charge is 0.464 e. The van der Waals surface area contributed by atoms with Crippen molar-refractivity contribution in [3.8, 4) is 0 Å². The topological polar surface area (TPSA) is 46.5 Å². The number of rotatable bonds is 3. The molecule has 3 nitrogen and oxygen atoms in total. The highest BCUT2D eigenvalue weighted by Crippen LogP contribution is 2.35. The molecule has 0 aliphatic carbocycles. The smallest absolute Gasteiger partial charge is 0.416 e. The van der Waals surface area contributed by atoms with Crippen LogP contribution in [0.5, 0.6) is 0 Å². The quantitative estimate of drug-likeness (QED) is 0.675. The molecule has 100 valence electrons. The Kier molecular flexibility index (Phi) is 4.28. The molecule has 0 spiro atoms. The van der Waals surface area contributed by atoms with Gasteiger partial charge in [0.15, 0.2) is 6.10 Å². The first-order valence-electron chi connectivity index (χ1n) is 4.98. The monoisotopic (exact) mass is 266 g/mol. The number of ether oxygens (including phenoxy) is 1. The molecule has 0 aliphatic heterocycles. The molecule has 7 heteroatoms. The number of aliphatic hydroxyl groups is 1. The third-order valence-electron chi connectivity index (χ3n) is 2.13. The summed E-state index contributed by atoms with van der Waals surface area (Å²) < 4.78 is 55.0. The summed E-state index contributed by atoms with van der Waals surface area (Å²) in [6.45, 7) is 1.36. The Hall–Kier alpha value is -1.63. The van der Waals surface area contributed by atoms with E-state index in [-0.39, 0.29) is 12.7 Å². The molecule has 0 radical (unpaired) electrons. The lowest BCUT2D eigenvalue weighted by atomic mass is 10.0. The summed E-state index contributed by atoms with van der Waals surface area (Å²) in [5.41, 5.74) is -2.13. The highest BCUT2D eigenvalue weighted by Gasteiger charge is 2.37. The Bertz CT molecular complexity index is 442. The van der Waals surface area contributed by atoms with Crippen LogP contribution in [-0.2, 0) is 15.7 Å². The summed E-state index contributed by atoms with van der Waals surface area (Å²) in [5, 5.41) is 9.46. The van der Waals surface area contributed by atoms with E-state index in [1.807, 2.05) is 0 Å². The van der Waals surface area contributed by atoms with Gasteiger partial charge in [-0.25, -0.2) is 9.18 Å². The molecule has 0 saturated carbocycles. The van der Waals surface area contributed by atoms with Crippen LogP contribution in [0.3, 0.4) is 0 Å². The number of alkyl halides is 3. The van der Waals surface area contributed by atoms with E-state index in [9.17, 15) is 27.5 Å². The summed E-state index contributed by atoms with van der Waals surface area (Å²) in [6, 6.07) is 1.66. The molecular formula is C11H10F4O3. The van der Waals surface area contributed by atoms with Gasteiger partial charge in [0.25, 0.3) is 0 Å². The molecule has 0 aromatic heterocycles. The molecule has 0 saturated heterocycles. The van der Waals surface area contributed by atoms with Crippen molar-refractivity contribution in [1.82, 2.24) is 0 Å². The molecule has 18 heavy (non-hydrogen) atoms. The van der Waals surface area contributed by atoms with E-state index in [1.54, 1.807) is 0 Å². The van der Waals surface area contributed by atoms with Crippen molar-refractivity contribution in [2.24, 2.45) is 0 Å². The SMILES string of the molecule is CCOC(=O)C(O)c1ccc(F)cc1C(F)(F)F. The number of carbonyl (C=O) groups is 1. The fourth-order valence-corrected chi connectivity index (χ4v) is 1.36. The molecule has 0 heterocycles. The van der Waals surface area contributed by atoms with Gasteiger partial charge in [0.1, 0.15) is 5.82 Å². The van der Waals surface area contributed by atoms with Crippen LogP contribution in [-0.4, -0.2) is 17.7 Å². The van der Waals surface area contributed by atoms with Gasteiger partial charge in [-0.15, -0.1) is 0 Å². The first-order chi connectivity index (χ1) is 8.27. The fraction of sp³-hybridized carbons (Fsp3) is 0.364. The maximum atomic E-state index is 12.8. The third kappa shape index (κ3) is 3.19. The van der Waals surface area contributed by atoms with E-state index >= 15 is 0 Å². The van der Waals surface area contributed by atoms with Gasteiger partial charge in [0.2, 0.25) is 0 Å². The second-order valence-corrected chi connectivity index (χ2v) is 3.38. The molecule has 0 aliphatic rings. The Balaban J connectivity index is 3.20. The zero-order valence-electron chi connectivity index (χ0n) is 9.29. The fourth-order valence-electron chi connectivity index (χ4n) is 1.36. The van der Waals surface area contributed by atoms with E-state index < -0.39 is 35.2 Å². The number of hydrogen-bond acceptors (Lipinski definition) is 3. The van der Waals surface area contributed by atoms with Crippen LogP contribution in [0.4, 0.5) is 17.6 Å². The lowest BCUT2D eigenvalue weighted by molar-refractivity contribution is -0.155. The van der Waals surface area contributed by atoms with Crippen molar-refractivity contribution in [3.63, 3.8) is 0 Å². The Labute approximate surface area is 100.0 Å². The molecule has 0 bridgehead atoms. The van der Waals surface area contributed by atoms with Gasteiger partial charge in [0.05, 0.1) is 12.2 Å². The molecule has 1 N–H and O–H groups in total. The van der Waals surface area contributed by atoms with Gasteiger partial charge in [-0.1, -0.05) is 6.07 Å². The Morgan fingerprint density at radius 1 is 1.44 bits per heavy atom. The van der Waals surface area contributed by atoms with Crippen LogP contribution < -0.4 is 0 Å². The number of halogens is 4. The minimum absolute atomic E-state index is 0.0849. The third-order valence-corrected chi connectivity index (χ3v) is 2.13. The van der Waals surface area contributed by atoms with Crippen molar-refractivity contribution in [3.05, 3.63) is 35.1 Å². The van der Waals surface area contributed by atoms with E-state index in [0.29, 0.717) is 6.07 Å². The first kappa shape index (κ1) is 14.4. The molecule has 0 fully saturated rings. The van der Waals surface area contributed by atoms with Crippen molar-refractivity contribution in [2.75, 3.05) is 6.61 Å². The van der Waals surface area contributed by atoms with Gasteiger partial charge in [-0.2, -0.15) is 13.2 Å². The molecular weight excluding hydrogens is 256 g/mol. The van der Waals surface area contributed by atoms with Crippen LogP contribution in [0.1, 0.15) is 24.2 Å². The van der Waals surface area contributed by atoms with E-state index in [4.69, 9.17) is 0 Å². The molecule has 1 aromatic carbocycles. The van der Waals surface area contributed by atoms with E-state index in [0.717, 1.165) is 6.07 Å². The molecule has 1 atom stereocenters. The summed E-state index contributed by atoms with van der Waals surface area (Å²) in [4.78, 5) is 11.2. The normalized spacial score (nSPS) is 13.2. The lowest BCUT2D eigenvalue weighted by Gasteiger charge is -2.16. The van der Waals surface area contributed by atoms with Crippen molar-refractivity contribution in [1.29, 1.82) is 0 Å². The standard InChI is InChI=1S/C11H10F4O3/c1-2-18-10(17)9(16)7-4-3-6(12)5-8(7)11(13,14)15/h3-5,9,16H,2H2,1H3. The van der Waals surface area contributed by atoms with Crippen LogP contribution >= 0.6 is 0 Å². The van der Waals surface area contributed by atoms with Crippen molar-refractivity contribution in [2.45, 2.75) is 19.2 Å². The van der Waals surface area contributed by atoms with Gasteiger partial charge in [0, 0.05) is 5.56 Å². The average molecular weight is 266 g/mol. The van der Waals surface area contributed by atoms with E-state index in [1.165, 1.54) is 6.92 Å². The predicted octanol–water partition coefficient (Wildman–Crippen LogP) is 2.44. The molecule has 1 aromatic rings. The molecule has 0 amide bonds.